The summed E-state index contributed by atoms with van der Waals surface area (Å²) in [6.07, 6.45) is 3.78. The molecule has 1 rings (SSSR count). The molecule has 3 heteroatoms. The Morgan fingerprint density at radius 1 is 1.28 bits per heavy atom. The lowest BCUT2D eigenvalue weighted by Gasteiger charge is -2.15. The van der Waals surface area contributed by atoms with Gasteiger partial charge < -0.3 is 5.32 Å². The van der Waals surface area contributed by atoms with Crippen LogP contribution in [-0.4, -0.2) is 18.3 Å². The van der Waals surface area contributed by atoms with Crippen molar-refractivity contribution < 1.29 is 0 Å². The van der Waals surface area contributed by atoms with E-state index in [0.717, 1.165) is 17.3 Å². The van der Waals surface area contributed by atoms with Crippen LogP contribution in [-0.2, 0) is 5.75 Å². The second kappa shape index (κ2) is 9.71. The lowest BCUT2D eigenvalue weighted by Crippen LogP contribution is -2.28. The standard InChI is InChI=1S/C15H24ClNS/c1-3-14(17-4-2)9-7-11-18-12-13-8-5-6-10-15(13)16/h5-6,8,10,14,17H,3-4,7,9,11-12H2,1-2H3. The van der Waals surface area contributed by atoms with E-state index in [9.17, 15) is 0 Å². The smallest absolute Gasteiger partial charge is 0.0446 e. The third-order valence-electron chi connectivity index (χ3n) is 3.04. The highest BCUT2D eigenvalue weighted by molar-refractivity contribution is 7.98. The molecule has 1 unspecified atom stereocenters. The topological polar surface area (TPSA) is 12.0 Å². The first-order chi connectivity index (χ1) is 8.77. The minimum absolute atomic E-state index is 0.691. The molecule has 0 radical (unpaired) electrons. The molecule has 0 saturated carbocycles. The summed E-state index contributed by atoms with van der Waals surface area (Å²) in [5.41, 5.74) is 1.25. The monoisotopic (exact) mass is 285 g/mol. The quantitative estimate of drug-likeness (QED) is 0.658. The van der Waals surface area contributed by atoms with Crippen molar-refractivity contribution in [2.75, 3.05) is 12.3 Å². The number of rotatable bonds is 9. The lowest BCUT2D eigenvalue weighted by molar-refractivity contribution is 0.477. The fourth-order valence-electron chi connectivity index (χ4n) is 1.97. The van der Waals surface area contributed by atoms with E-state index >= 15 is 0 Å². The molecule has 0 saturated heterocycles. The van der Waals surface area contributed by atoms with Crippen LogP contribution < -0.4 is 5.32 Å². The molecule has 1 nitrogen and oxygen atoms in total. The molecular weight excluding hydrogens is 262 g/mol. The highest BCUT2D eigenvalue weighted by Gasteiger charge is 2.04. The van der Waals surface area contributed by atoms with Gasteiger partial charge >= 0.3 is 0 Å². The summed E-state index contributed by atoms with van der Waals surface area (Å²) in [5, 5.41) is 4.41. The highest BCUT2D eigenvalue weighted by Crippen LogP contribution is 2.21. The summed E-state index contributed by atoms with van der Waals surface area (Å²) in [7, 11) is 0. The summed E-state index contributed by atoms with van der Waals surface area (Å²) in [6, 6.07) is 8.81. The van der Waals surface area contributed by atoms with Crippen LogP contribution in [0.2, 0.25) is 5.02 Å². The van der Waals surface area contributed by atoms with Crippen molar-refractivity contribution in [3.05, 3.63) is 34.9 Å². The molecule has 0 amide bonds. The molecule has 0 aromatic heterocycles. The lowest BCUT2D eigenvalue weighted by atomic mass is 10.1. The van der Waals surface area contributed by atoms with Gasteiger partial charge in [0.25, 0.3) is 0 Å². The van der Waals surface area contributed by atoms with Gasteiger partial charge in [-0.15, -0.1) is 0 Å². The van der Waals surface area contributed by atoms with E-state index in [1.807, 2.05) is 23.9 Å². The third kappa shape index (κ3) is 6.12. The molecule has 0 fully saturated rings. The van der Waals surface area contributed by atoms with Gasteiger partial charge in [-0.25, -0.2) is 0 Å². The number of halogens is 1. The molecular formula is C15H24ClNS. The van der Waals surface area contributed by atoms with E-state index in [4.69, 9.17) is 11.6 Å². The molecule has 1 aromatic carbocycles. The van der Waals surface area contributed by atoms with Gasteiger partial charge in [-0.1, -0.05) is 43.6 Å². The van der Waals surface area contributed by atoms with Crippen LogP contribution in [0.25, 0.3) is 0 Å². The molecule has 0 bridgehead atoms. The van der Waals surface area contributed by atoms with Crippen molar-refractivity contribution in [1.29, 1.82) is 0 Å². The van der Waals surface area contributed by atoms with Crippen molar-refractivity contribution in [3.8, 4) is 0 Å². The van der Waals surface area contributed by atoms with Gasteiger partial charge in [0.05, 0.1) is 0 Å². The third-order valence-corrected chi connectivity index (χ3v) is 4.50. The van der Waals surface area contributed by atoms with E-state index in [-0.39, 0.29) is 0 Å². The average molecular weight is 286 g/mol. The summed E-state index contributed by atoms with van der Waals surface area (Å²) in [5.74, 6) is 2.24. The van der Waals surface area contributed by atoms with Crippen molar-refractivity contribution in [2.24, 2.45) is 0 Å². The highest BCUT2D eigenvalue weighted by atomic mass is 35.5. The van der Waals surface area contributed by atoms with Gasteiger partial charge in [0, 0.05) is 16.8 Å². The van der Waals surface area contributed by atoms with E-state index in [1.54, 1.807) is 0 Å². The fourth-order valence-corrected chi connectivity index (χ4v) is 3.24. The Bertz CT molecular complexity index is 330. The van der Waals surface area contributed by atoms with E-state index < -0.39 is 0 Å². The van der Waals surface area contributed by atoms with Gasteiger partial charge in [0.1, 0.15) is 0 Å². The van der Waals surface area contributed by atoms with Crippen molar-refractivity contribution in [1.82, 2.24) is 5.32 Å². The van der Waals surface area contributed by atoms with Crippen LogP contribution in [0.15, 0.2) is 24.3 Å². The zero-order chi connectivity index (χ0) is 13.2. The predicted octanol–water partition coefficient (Wildman–Crippen LogP) is 4.74. The normalized spacial score (nSPS) is 12.6. The zero-order valence-electron chi connectivity index (χ0n) is 11.4. The summed E-state index contributed by atoms with van der Waals surface area (Å²) in [6.45, 7) is 5.50. The van der Waals surface area contributed by atoms with E-state index in [0.29, 0.717) is 6.04 Å². The Hall–Kier alpha value is -0.180. The van der Waals surface area contributed by atoms with Gasteiger partial charge in [-0.3, -0.25) is 0 Å². The first-order valence-electron chi connectivity index (χ1n) is 6.82. The molecule has 0 heterocycles. The van der Waals surface area contributed by atoms with Gasteiger partial charge in [0.15, 0.2) is 0 Å². The SMILES string of the molecule is CCNC(CC)CCCSCc1ccccc1Cl. The van der Waals surface area contributed by atoms with Crippen LogP contribution in [0, 0.1) is 0 Å². The van der Waals surface area contributed by atoms with Crippen LogP contribution in [0.3, 0.4) is 0 Å². The number of nitrogens with one attached hydrogen (secondary N) is 1. The Kier molecular flexibility index (Phi) is 8.57. The Labute approximate surface area is 121 Å². The predicted molar refractivity (Wildman–Crippen MR) is 84.6 cm³/mol. The van der Waals surface area contributed by atoms with Crippen LogP contribution in [0.5, 0.6) is 0 Å². The van der Waals surface area contributed by atoms with E-state index in [2.05, 4.69) is 31.3 Å². The maximum Gasteiger partial charge on any atom is 0.0446 e. The largest absolute Gasteiger partial charge is 0.314 e. The molecule has 0 aliphatic carbocycles. The second-order valence-corrected chi connectivity index (χ2v) is 5.96. The van der Waals surface area contributed by atoms with Gasteiger partial charge in [-0.2, -0.15) is 11.8 Å². The van der Waals surface area contributed by atoms with E-state index in [1.165, 1.54) is 30.6 Å². The molecule has 0 aliphatic heterocycles. The number of hydrogen-bond donors (Lipinski definition) is 1. The number of benzene rings is 1. The first-order valence-corrected chi connectivity index (χ1v) is 8.35. The fraction of sp³-hybridized carbons (Fsp3) is 0.600. The molecule has 1 atom stereocenters. The Morgan fingerprint density at radius 2 is 2.06 bits per heavy atom. The minimum atomic E-state index is 0.691. The Morgan fingerprint density at radius 3 is 2.72 bits per heavy atom. The van der Waals surface area contributed by atoms with Gasteiger partial charge in [-0.05, 0) is 43.2 Å². The molecule has 18 heavy (non-hydrogen) atoms. The maximum atomic E-state index is 6.13. The summed E-state index contributed by atoms with van der Waals surface area (Å²) < 4.78 is 0. The average Bonchev–Trinajstić information content (AvgIpc) is 2.39. The number of thioether (sulfide) groups is 1. The molecule has 102 valence electrons. The number of hydrogen-bond acceptors (Lipinski definition) is 2. The first kappa shape index (κ1) is 15.9. The van der Waals surface area contributed by atoms with Crippen LogP contribution >= 0.6 is 23.4 Å². The van der Waals surface area contributed by atoms with Gasteiger partial charge in [0.2, 0.25) is 0 Å². The van der Waals surface area contributed by atoms with Crippen molar-refractivity contribution >= 4 is 23.4 Å². The Balaban J connectivity index is 2.13. The van der Waals surface area contributed by atoms with Crippen molar-refractivity contribution in [2.45, 2.75) is 44.9 Å². The van der Waals surface area contributed by atoms with Crippen LogP contribution in [0.1, 0.15) is 38.7 Å². The minimum Gasteiger partial charge on any atom is -0.314 e. The maximum absolute atomic E-state index is 6.13. The zero-order valence-corrected chi connectivity index (χ0v) is 13.0. The summed E-state index contributed by atoms with van der Waals surface area (Å²) in [4.78, 5) is 0. The molecule has 1 aromatic rings. The molecule has 0 spiro atoms. The second-order valence-electron chi connectivity index (χ2n) is 4.45. The van der Waals surface area contributed by atoms with Crippen molar-refractivity contribution in [3.63, 3.8) is 0 Å². The molecule has 0 aliphatic rings. The van der Waals surface area contributed by atoms with Crippen LogP contribution in [0.4, 0.5) is 0 Å². The molecule has 1 N–H and O–H groups in total. The summed E-state index contributed by atoms with van der Waals surface area (Å²) >= 11 is 8.11.